The van der Waals surface area contributed by atoms with Gasteiger partial charge in [0, 0.05) is 67.0 Å². The van der Waals surface area contributed by atoms with Gasteiger partial charge in [0.05, 0.1) is 39.1 Å². The van der Waals surface area contributed by atoms with Gasteiger partial charge in [-0.3, -0.25) is 5.01 Å². The molecule has 2 N–H and O–H groups in total. The minimum atomic E-state index is 1.02. The van der Waals surface area contributed by atoms with Crippen molar-refractivity contribution in [2.24, 2.45) is 0 Å². The summed E-state index contributed by atoms with van der Waals surface area (Å²) in [6.45, 7) is 0. The van der Waals surface area contributed by atoms with Crippen LogP contribution >= 0.6 is 0 Å². The van der Waals surface area contributed by atoms with E-state index < -0.39 is 0 Å². The number of rotatable bonds is 11. The van der Waals surface area contributed by atoms with Gasteiger partial charge in [0.1, 0.15) is 0 Å². The van der Waals surface area contributed by atoms with E-state index in [0.29, 0.717) is 0 Å². The summed E-state index contributed by atoms with van der Waals surface area (Å²) in [7, 11) is 0. The SMILES string of the molecule is c1ccc(N(c2ccccc2)c2ccc3c(c2)c2ccccc2n3-c2ccc(-c3cc(-c4ccc(-n5c6ccccc6c6cc(N(c7ccccc7)c7ccccc7)ccc65)cc4)cc(N4NNc5ccccc54)c3)cc2)cc1. The van der Waals surface area contributed by atoms with Crippen molar-refractivity contribution in [1.29, 1.82) is 0 Å². The summed E-state index contributed by atoms with van der Waals surface area (Å²) in [6.07, 6.45) is 0. The van der Waals surface area contributed by atoms with Gasteiger partial charge in [-0.1, -0.05) is 146 Å². The first-order valence-corrected chi connectivity index (χ1v) is 26.8. The van der Waals surface area contributed by atoms with Crippen LogP contribution in [0.4, 0.5) is 51.2 Å². The quantitative estimate of drug-likeness (QED) is 0.135. The highest BCUT2D eigenvalue weighted by molar-refractivity contribution is 6.12. The molecule has 79 heavy (non-hydrogen) atoms. The number of nitrogens with zero attached hydrogens (tertiary/aromatic N) is 5. The van der Waals surface area contributed by atoms with Crippen LogP contribution in [0.15, 0.2) is 297 Å². The maximum atomic E-state index is 3.45. The number of hydrazine groups is 2. The molecule has 0 saturated carbocycles. The third kappa shape index (κ3) is 8.04. The van der Waals surface area contributed by atoms with Crippen molar-refractivity contribution in [2.75, 3.05) is 20.2 Å². The molecule has 0 saturated heterocycles. The summed E-state index contributed by atoms with van der Waals surface area (Å²) >= 11 is 0. The number of fused-ring (bicyclic) bond motifs is 7. The molecule has 7 heteroatoms. The first kappa shape index (κ1) is 45.8. The second-order valence-electron chi connectivity index (χ2n) is 20.1. The molecule has 0 aliphatic carbocycles. The van der Waals surface area contributed by atoms with E-state index in [1.54, 1.807) is 0 Å². The number of aromatic nitrogens is 2. The van der Waals surface area contributed by atoms with Crippen molar-refractivity contribution < 1.29 is 0 Å². The van der Waals surface area contributed by atoms with Gasteiger partial charge >= 0.3 is 0 Å². The van der Waals surface area contributed by atoms with Crippen molar-refractivity contribution in [1.82, 2.24) is 14.7 Å². The van der Waals surface area contributed by atoms with Gasteiger partial charge in [0.15, 0.2) is 0 Å². The fraction of sp³-hybridized carbons (Fsp3) is 0. The summed E-state index contributed by atoms with van der Waals surface area (Å²) in [5.74, 6) is 0. The predicted octanol–water partition coefficient (Wildman–Crippen LogP) is 19.1. The largest absolute Gasteiger partial charge is 0.310 e. The molecular formula is C72H51N7. The summed E-state index contributed by atoms with van der Waals surface area (Å²) in [5, 5.41) is 6.95. The van der Waals surface area contributed by atoms with Gasteiger partial charge in [0.2, 0.25) is 0 Å². The van der Waals surface area contributed by atoms with E-state index in [1.807, 2.05) is 0 Å². The van der Waals surface area contributed by atoms with E-state index in [4.69, 9.17) is 0 Å². The summed E-state index contributed by atoms with van der Waals surface area (Å²) in [6, 6.07) is 107. The monoisotopic (exact) mass is 1010 g/mol. The van der Waals surface area contributed by atoms with Gasteiger partial charge in [-0.05, 0) is 174 Å². The van der Waals surface area contributed by atoms with E-state index in [-0.39, 0.29) is 0 Å². The van der Waals surface area contributed by atoms with Gasteiger partial charge < -0.3 is 24.4 Å². The molecule has 15 rings (SSSR count). The fourth-order valence-corrected chi connectivity index (χ4v) is 11.8. The number of para-hydroxylation sites is 8. The molecule has 0 amide bonds. The van der Waals surface area contributed by atoms with E-state index in [2.05, 4.69) is 332 Å². The molecule has 0 bridgehead atoms. The molecule has 2 aromatic heterocycles. The number of nitrogens with one attached hydrogen (secondary N) is 2. The zero-order valence-electron chi connectivity index (χ0n) is 43.0. The molecule has 0 fully saturated rings. The molecule has 12 aromatic carbocycles. The van der Waals surface area contributed by atoms with Crippen molar-refractivity contribution in [3.8, 4) is 33.6 Å². The first-order chi connectivity index (χ1) is 39.2. The van der Waals surface area contributed by atoms with Crippen LogP contribution in [0, 0.1) is 0 Å². The summed E-state index contributed by atoms with van der Waals surface area (Å²) in [5.41, 5.74) is 27.9. The molecule has 0 spiro atoms. The first-order valence-electron chi connectivity index (χ1n) is 26.8. The Morgan fingerprint density at radius 2 is 0.633 bits per heavy atom. The minimum absolute atomic E-state index is 1.02. The van der Waals surface area contributed by atoms with E-state index in [1.165, 1.54) is 21.5 Å². The Hall–Kier alpha value is -10.6. The third-order valence-electron chi connectivity index (χ3n) is 15.4. The highest BCUT2D eigenvalue weighted by Crippen LogP contribution is 2.44. The molecule has 1 aliphatic rings. The molecule has 3 heterocycles. The highest BCUT2D eigenvalue weighted by atomic mass is 15.7. The lowest BCUT2D eigenvalue weighted by atomic mass is 9.97. The summed E-state index contributed by atoms with van der Waals surface area (Å²) < 4.78 is 4.79. The van der Waals surface area contributed by atoms with Crippen LogP contribution < -0.4 is 25.8 Å². The standard InChI is InChI=1S/C72H51N7/c1-5-19-54(20-6-1)75(55-21-7-2-8-22-55)60-41-43-70-65(48-60)63-27-13-16-30-68(63)77(70)58-37-33-50(34-38-58)52-45-53(47-62(46-52)79-72-32-18-15-29-67(72)73-74-79)51-35-39-59(40-36-51)78-69-31-17-14-28-64(69)66-49-61(42-44-71(66)78)76(56-23-9-3-10-24-56)57-25-11-4-12-26-57/h1-49,73-74H. The van der Waals surface area contributed by atoms with Crippen molar-refractivity contribution in [2.45, 2.75) is 0 Å². The Labute approximate surface area is 458 Å². The molecule has 0 unspecified atom stereocenters. The van der Waals surface area contributed by atoms with Crippen molar-refractivity contribution >= 4 is 94.8 Å². The second-order valence-corrected chi connectivity index (χ2v) is 20.1. The molecular weight excluding hydrogens is 963 g/mol. The number of anilines is 9. The zero-order valence-corrected chi connectivity index (χ0v) is 43.0. The topological polar surface area (TPSA) is 43.6 Å². The zero-order chi connectivity index (χ0) is 52.2. The fourth-order valence-electron chi connectivity index (χ4n) is 11.8. The summed E-state index contributed by atoms with van der Waals surface area (Å²) in [4.78, 5) is 4.66. The molecule has 7 nitrogen and oxygen atoms in total. The lowest BCUT2D eigenvalue weighted by molar-refractivity contribution is 0.864. The van der Waals surface area contributed by atoms with Crippen LogP contribution in [0.2, 0.25) is 0 Å². The van der Waals surface area contributed by atoms with Crippen LogP contribution in [-0.4, -0.2) is 9.13 Å². The van der Waals surface area contributed by atoms with Crippen LogP contribution in [-0.2, 0) is 0 Å². The smallest absolute Gasteiger partial charge is 0.0841 e. The van der Waals surface area contributed by atoms with E-state index >= 15 is 0 Å². The molecule has 0 radical (unpaired) electrons. The molecule has 14 aromatic rings. The number of benzene rings is 12. The Morgan fingerprint density at radius 1 is 0.253 bits per heavy atom. The Balaban J connectivity index is 0.804. The van der Waals surface area contributed by atoms with Crippen molar-refractivity contribution in [3.05, 3.63) is 297 Å². The highest BCUT2D eigenvalue weighted by Gasteiger charge is 2.23. The normalized spacial score (nSPS) is 12.1. The lowest BCUT2D eigenvalue weighted by Crippen LogP contribution is -2.31. The van der Waals surface area contributed by atoms with Gasteiger partial charge in [-0.25, -0.2) is 0 Å². The maximum absolute atomic E-state index is 3.45. The average Bonchev–Trinajstić information content (AvgIpc) is 4.43. The maximum Gasteiger partial charge on any atom is 0.0841 e. The van der Waals surface area contributed by atoms with Crippen molar-refractivity contribution in [3.63, 3.8) is 0 Å². The Bertz CT molecular complexity index is 4190. The Kier molecular flexibility index (Phi) is 11.1. The van der Waals surface area contributed by atoms with Crippen LogP contribution in [0.3, 0.4) is 0 Å². The van der Waals surface area contributed by atoms with Crippen LogP contribution in [0.5, 0.6) is 0 Å². The van der Waals surface area contributed by atoms with Gasteiger partial charge in [-0.15, -0.1) is 5.53 Å². The lowest BCUT2D eigenvalue weighted by Gasteiger charge is -2.25. The van der Waals surface area contributed by atoms with E-state index in [9.17, 15) is 0 Å². The molecule has 0 atom stereocenters. The van der Waals surface area contributed by atoms with Crippen LogP contribution in [0.25, 0.3) is 77.2 Å². The van der Waals surface area contributed by atoms with E-state index in [0.717, 1.165) is 107 Å². The number of hydrogen-bond donors (Lipinski definition) is 2. The van der Waals surface area contributed by atoms with Gasteiger partial charge in [0.25, 0.3) is 0 Å². The van der Waals surface area contributed by atoms with Crippen LogP contribution in [0.1, 0.15) is 0 Å². The predicted molar refractivity (Wildman–Crippen MR) is 331 cm³/mol. The molecule has 1 aliphatic heterocycles. The Morgan fingerprint density at radius 3 is 1.08 bits per heavy atom. The number of hydrogen-bond acceptors (Lipinski definition) is 5. The minimum Gasteiger partial charge on any atom is -0.310 e. The molecule has 374 valence electrons. The third-order valence-corrected chi connectivity index (χ3v) is 15.4. The second kappa shape index (κ2) is 19.2. The van der Waals surface area contributed by atoms with Gasteiger partial charge in [-0.2, -0.15) is 0 Å². The average molecular weight is 1010 g/mol.